The van der Waals surface area contributed by atoms with Crippen molar-refractivity contribution in [2.24, 2.45) is 0 Å². The van der Waals surface area contributed by atoms with Gasteiger partial charge < -0.3 is 20.1 Å². The van der Waals surface area contributed by atoms with Crippen LogP contribution in [0.1, 0.15) is 194 Å². The molecule has 51 heavy (non-hydrogen) atoms. The van der Waals surface area contributed by atoms with E-state index in [1.165, 1.54) is 116 Å². The van der Waals surface area contributed by atoms with Crippen molar-refractivity contribution >= 4 is 19.7 Å². The number of rotatable bonds is 39. The van der Waals surface area contributed by atoms with E-state index in [1.807, 2.05) is 0 Å². The number of carbonyl (C=O) groups excluding carboxylic acids is 2. The summed E-state index contributed by atoms with van der Waals surface area (Å²) in [6.07, 6.45) is 39.6. The maximum atomic E-state index is 12.1. The number of hydrogen-bond acceptors (Lipinski definition) is 7. The summed E-state index contributed by atoms with van der Waals surface area (Å²) in [6.45, 7) is 3.52. The number of unbranched alkanes of at least 4 members (excludes halogenated alkanes) is 22. The van der Waals surface area contributed by atoms with Crippen LogP contribution in [0.2, 0.25) is 0 Å². The van der Waals surface area contributed by atoms with E-state index >= 15 is 0 Å². The highest BCUT2D eigenvalue weighted by atomic mass is 31.2. The Morgan fingerprint density at radius 2 is 1.00 bits per heavy atom. The first-order valence-electron chi connectivity index (χ1n) is 20.8. The summed E-state index contributed by atoms with van der Waals surface area (Å²) in [5, 5.41) is 12.7. The molecule has 0 saturated heterocycles. The third kappa shape index (κ3) is 39.5. The second-order valence-electron chi connectivity index (χ2n) is 14.0. The fourth-order valence-electron chi connectivity index (χ4n) is 5.66. The first-order chi connectivity index (χ1) is 24.8. The summed E-state index contributed by atoms with van der Waals surface area (Å²) in [6, 6.07) is 0. The molecule has 0 aromatic heterocycles. The third-order valence-corrected chi connectivity index (χ3v) is 9.84. The standard InChI is InChI=1S/C41H78NO8P/c1-3-5-7-9-11-13-15-17-18-19-20-22-24-26-28-30-32-34-41(45)48-37-39(43)38-50-51(46,47)49-36-35-42-40(44)33-31-29-27-25-23-21-16-14-12-10-8-6-4-2/h14,16-18,39,43H,3-13,15,19-38H2,1-2H3,(H,42,44)(H,46,47)/b16-14-,18-17-. The molecule has 0 aromatic rings. The number of hydrogen-bond donors (Lipinski definition) is 3. The average molecular weight is 744 g/mol. The van der Waals surface area contributed by atoms with E-state index < -0.39 is 26.5 Å². The predicted molar refractivity (Wildman–Crippen MR) is 211 cm³/mol. The minimum absolute atomic E-state index is 0.0781. The van der Waals surface area contributed by atoms with Gasteiger partial charge in [-0.15, -0.1) is 0 Å². The maximum absolute atomic E-state index is 12.1. The molecule has 0 bridgehead atoms. The first kappa shape index (κ1) is 49.5. The van der Waals surface area contributed by atoms with Crippen molar-refractivity contribution in [3.63, 3.8) is 0 Å². The van der Waals surface area contributed by atoms with Gasteiger partial charge in [-0.25, -0.2) is 4.57 Å². The SMILES string of the molecule is CCCCCC/C=C\CCCCCCCC(=O)NCCOP(=O)(O)OCC(O)COC(=O)CCCCCCCCC/C=C\CCCCCCCC. The molecule has 0 fully saturated rings. The Hall–Kier alpha value is -1.51. The Morgan fingerprint density at radius 1 is 0.588 bits per heavy atom. The van der Waals surface area contributed by atoms with Crippen LogP contribution in [0.5, 0.6) is 0 Å². The molecule has 2 atom stereocenters. The van der Waals surface area contributed by atoms with Crippen molar-refractivity contribution in [1.29, 1.82) is 0 Å². The van der Waals surface area contributed by atoms with Crippen LogP contribution in [0.4, 0.5) is 0 Å². The number of carbonyl (C=O) groups is 2. The molecule has 0 aromatic carbocycles. The zero-order valence-electron chi connectivity index (χ0n) is 32.8. The van der Waals surface area contributed by atoms with Crippen LogP contribution in [0.25, 0.3) is 0 Å². The average Bonchev–Trinajstić information content (AvgIpc) is 3.11. The summed E-state index contributed by atoms with van der Waals surface area (Å²) in [7, 11) is -4.41. The number of esters is 1. The van der Waals surface area contributed by atoms with Gasteiger partial charge in [0.1, 0.15) is 12.7 Å². The lowest BCUT2D eigenvalue weighted by molar-refractivity contribution is -0.147. The molecule has 0 rings (SSSR count). The third-order valence-electron chi connectivity index (χ3n) is 8.85. The Labute approximate surface area is 312 Å². The number of phosphoric ester groups is 1. The lowest BCUT2D eigenvalue weighted by atomic mass is 10.1. The summed E-state index contributed by atoms with van der Waals surface area (Å²) >= 11 is 0. The van der Waals surface area contributed by atoms with E-state index in [-0.39, 0.29) is 32.1 Å². The van der Waals surface area contributed by atoms with E-state index in [2.05, 4.69) is 43.5 Å². The molecule has 0 aliphatic carbocycles. The predicted octanol–water partition coefficient (Wildman–Crippen LogP) is 11.2. The summed E-state index contributed by atoms with van der Waals surface area (Å²) in [4.78, 5) is 33.8. The monoisotopic (exact) mass is 744 g/mol. The number of ether oxygens (including phenoxy) is 1. The van der Waals surface area contributed by atoms with E-state index in [4.69, 9.17) is 13.8 Å². The second-order valence-corrected chi connectivity index (χ2v) is 15.4. The van der Waals surface area contributed by atoms with Crippen LogP contribution in [0.3, 0.4) is 0 Å². The molecular formula is C41H78NO8P. The van der Waals surface area contributed by atoms with Crippen molar-refractivity contribution in [2.75, 3.05) is 26.4 Å². The number of aliphatic hydroxyl groups excluding tert-OH is 1. The molecule has 3 N–H and O–H groups in total. The van der Waals surface area contributed by atoms with Gasteiger partial charge in [-0.3, -0.25) is 18.6 Å². The highest BCUT2D eigenvalue weighted by molar-refractivity contribution is 7.47. The highest BCUT2D eigenvalue weighted by Gasteiger charge is 2.23. The number of amides is 1. The number of aliphatic hydroxyl groups is 1. The lowest BCUT2D eigenvalue weighted by Crippen LogP contribution is -2.27. The molecule has 300 valence electrons. The summed E-state index contributed by atoms with van der Waals surface area (Å²) in [5.74, 6) is -0.527. The fourth-order valence-corrected chi connectivity index (χ4v) is 6.42. The number of phosphoric acid groups is 1. The van der Waals surface area contributed by atoms with Crippen LogP contribution in [0, 0.1) is 0 Å². The number of allylic oxidation sites excluding steroid dienone is 4. The van der Waals surface area contributed by atoms with Crippen LogP contribution >= 0.6 is 7.82 Å². The summed E-state index contributed by atoms with van der Waals surface area (Å²) in [5.41, 5.74) is 0. The molecule has 9 nitrogen and oxygen atoms in total. The molecule has 0 aliphatic rings. The zero-order valence-corrected chi connectivity index (χ0v) is 33.7. The minimum Gasteiger partial charge on any atom is -0.463 e. The molecule has 10 heteroatoms. The first-order valence-corrected chi connectivity index (χ1v) is 22.3. The van der Waals surface area contributed by atoms with Crippen LogP contribution in [-0.2, 0) is 27.9 Å². The zero-order chi connectivity index (χ0) is 37.5. The van der Waals surface area contributed by atoms with Gasteiger partial charge in [-0.2, -0.15) is 0 Å². The molecule has 0 spiro atoms. The van der Waals surface area contributed by atoms with Crippen LogP contribution in [-0.4, -0.2) is 54.3 Å². The quantitative estimate of drug-likeness (QED) is 0.0245. The Kier molecular flexibility index (Phi) is 37.1. The Balaban J connectivity index is 3.61. The molecule has 0 heterocycles. The largest absolute Gasteiger partial charge is 0.472 e. The number of nitrogens with one attached hydrogen (secondary N) is 1. The highest BCUT2D eigenvalue weighted by Crippen LogP contribution is 2.42. The van der Waals surface area contributed by atoms with Gasteiger partial charge in [-0.05, 0) is 64.2 Å². The second kappa shape index (κ2) is 38.2. The van der Waals surface area contributed by atoms with Gasteiger partial charge in [0.15, 0.2) is 0 Å². The van der Waals surface area contributed by atoms with Crippen LogP contribution < -0.4 is 5.32 Å². The summed E-state index contributed by atoms with van der Waals surface area (Å²) < 4.78 is 26.8. The van der Waals surface area contributed by atoms with Crippen molar-refractivity contribution in [3.05, 3.63) is 24.3 Å². The van der Waals surface area contributed by atoms with Gasteiger partial charge in [-0.1, -0.05) is 141 Å². The van der Waals surface area contributed by atoms with Crippen molar-refractivity contribution < 1.29 is 37.9 Å². The lowest BCUT2D eigenvalue weighted by Gasteiger charge is -2.15. The molecular weight excluding hydrogens is 665 g/mol. The van der Waals surface area contributed by atoms with Gasteiger partial charge in [0.25, 0.3) is 0 Å². The minimum atomic E-state index is -4.41. The molecule has 0 radical (unpaired) electrons. The van der Waals surface area contributed by atoms with E-state index in [9.17, 15) is 24.2 Å². The smallest absolute Gasteiger partial charge is 0.463 e. The van der Waals surface area contributed by atoms with Gasteiger partial charge in [0.2, 0.25) is 5.91 Å². The molecule has 2 unspecified atom stereocenters. The van der Waals surface area contributed by atoms with E-state index in [0.29, 0.717) is 6.42 Å². The topological polar surface area (TPSA) is 131 Å². The normalized spacial score (nSPS) is 13.6. The Morgan fingerprint density at radius 3 is 1.49 bits per heavy atom. The molecule has 0 saturated carbocycles. The van der Waals surface area contributed by atoms with E-state index in [0.717, 1.165) is 51.4 Å². The van der Waals surface area contributed by atoms with Crippen LogP contribution in [0.15, 0.2) is 24.3 Å². The van der Waals surface area contributed by atoms with Gasteiger partial charge >= 0.3 is 13.8 Å². The molecule has 0 aliphatic heterocycles. The van der Waals surface area contributed by atoms with Crippen molar-refractivity contribution in [2.45, 2.75) is 200 Å². The maximum Gasteiger partial charge on any atom is 0.472 e. The van der Waals surface area contributed by atoms with Crippen molar-refractivity contribution in [1.82, 2.24) is 5.32 Å². The fraction of sp³-hybridized carbons (Fsp3) is 0.854. The Bertz CT molecular complexity index is 897. The van der Waals surface area contributed by atoms with E-state index in [1.54, 1.807) is 0 Å². The molecule has 1 amide bonds. The van der Waals surface area contributed by atoms with Gasteiger partial charge in [0.05, 0.1) is 13.2 Å². The van der Waals surface area contributed by atoms with Crippen molar-refractivity contribution in [3.8, 4) is 0 Å². The van der Waals surface area contributed by atoms with Gasteiger partial charge in [0, 0.05) is 19.4 Å².